The molecule has 6 nitrogen and oxygen atoms in total. The highest BCUT2D eigenvalue weighted by Crippen LogP contribution is 2.11. The Balaban J connectivity index is 2.47. The summed E-state index contributed by atoms with van der Waals surface area (Å²) in [5.74, 6) is 0.866. The molecule has 0 amide bonds. The summed E-state index contributed by atoms with van der Waals surface area (Å²) in [5.41, 5.74) is 6.50. The summed E-state index contributed by atoms with van der Waals surface area (Å²) in [6, 6.07) is 0. The number of H-pyrrole nitrogens is 1. The summed E-state index contributed by atoms with van der Waals surface area (Å²) in [7, 11) is 0. The number of hydrogen-bond donors (Lipinski definition) is 2. The van der Waals surface area contributed by atoms with Gasteiger partial charge >= 0.3 is 0 Å². The number of aromatic nitrogens is 4. The second kappa shape index (κ2) is 4.40. The Kier molecular flexibility index (Phi) is 2.95. The molecule has 0 aliphatic heterocycles. The van der Waals surface area contributed by atoms with Crippen LogP contribution < -0.4 is 11.3 Å². The maximum Gasteiger partial charge on any atom is 0.296 e. The minimum Gasteiger partial charge on any atom is -0.393 e. The lowest BCUT2D eigenvalue weighted by molar-refractivity contribution is 0.627. The van der Waals surface area contributed by atoms with Crippen LogP contribution in [0.2, 0.25) is 0 Å². The number of nitrogens with one attached hydrogen (secondary N) is 1. The number of rotatable bonds is 3. The summed E-state index contributed by atoms with van der Waals surface area (Å²) in [6.07, 6.45) is 5.32. The maximum atomic E-state index is 11.9. The van der Waals surface area contributed by atoms with Crippen LogP contribution in [0.4, 0.5) is 5.69 Å². The molecule has 2 heterocycles. The van der Waals surface area contributed by atoms with E-state index in [1.165, 1.54) is 17.1 Å². The molecule has 0 aliphatic carbocycles. The van der Waals surface area contributed by atoms with Crippen LogP contribution in [0.1, 0.15) is 19.5 Å². The second-order valence-corrected chi connectivity index (χ2v) is 4.31. The zero-order valence-electron chi connectivity index (χ0n) is 9.84. The van der Waals surface area contributed by atoms with E-state index in [1.807, 2.05) is 0 Å². The van der Waals surface area contributed by atoms with Crippen LogP contribution >= 0.6 is 0 Å². The molecule has 0 unspecified atom stereocenters. The van der Waals surface area contributed by atoms with Crippen molar-refractivity contribution in [2.45, 2.75) is 20.3 Å². The van der Waals surface area contributed by atoms with Gasteiger partial charge in [-0.05, 0) is 12.3 Å². The third-order valence-electron chi connectivity index (χ3n) is 2.40. The van der Waals surface area contributed by atoms with Gasteiger partial charge in [0.1, 0.15) is 5.69 Å². The predicted molar refractivity (Wildman–Crippen MR) is 64.9 cm³/mol. The third kappa shape index (κ3) is 2.20. The lowest BCUT2D eigenvalue weighted by atomic mass is 10.1. The number of nitrogens with zero attached hydrogens (tertiary/aromatic N) is 3. The topological polar surface area (TPSA) is 89.6 Å². The van der Waals surface area contributed by atoms with Gasteiger partial charge in [-0.2, -0.15) is 4.68 Å². The highest BCUT2D eigenvalue weighted by molar-refractivity contribution is 5.43. The monoisotopic (exact) mass is 233 g/mol. The Morgan fingerprint density at radius 2 is 2.24 bits per heavy atom. The Morgan fingerprint density at radius 1 is 1.47 bits per heavy atom. The van der Waals surface area contributed by atoms with Crippen LogP contribution in [-0.2, 0) is 6.42 Å². The Bertz CT molecular complexity index is 555. The van der Waals surface area contributed by atoms with E-state index in [2.05, 4.69) is 28.9 Å². The van der Waals surface area contributed by atoms with Gasteiger partial charge in [0.05, 0.1) is 11.9 Å². The van der Waals surface area contributed by atoms with Crippen LogP contribution in [0.25, 0.3) is 5.82 Å². The van der Waals surface area contributed by atoms with Crippen LogP contribution in [-0.4, -0.2) is 19.7 Å². The molecule has 0 aromatic carbocycles. The molecule has 0 radical (unpaired) electrons. The molecule has 0 bridgehead atoms. The van der Waals surface area contributed by atoms with Crippen LogP contribution in [0.5, 0.6) is 0 Å². The first-order chi connectivity index (χ1) is 8.09. The summed E-state index contributed by atoms with van der Waals surface area (Å²) < 4.78 is 1.32. The number of hydrogen-bond acceptors (Lipinski definition) is 4. The van der Waals surface area contributed by atoms with Crippen molar-refractivity contribution in [1.29, 1.82) is 0 Å². The fourth-order valence-corrected chi connectivity index (χ4v) is 1.63. The fourth-order valence-electron chi connectivity index (χ4n) is 1.63. The fraction of sp³-hybridized carbons (Fsp3) is 0.364. The van der Waals surface area contributed by atoms with E-state index in [-0.39, 0.29) is 11.2 Å². The minimum atomic E-state index is -0.277. The molecule has 3 N–H and O–H groups in total. The number of nitrogens with two attached hydrogens (primary N) is 1. The van der Waals surface area contributed by atoms with E-state index < -0.39 is 0 Å². The van der Waals surface area contributed by atoms with Crippen molar-refractivity contribution < 1.29 is 0 Å². The molecule has 0 aliphatic rings. The van der Waals surface area contributed by atoms with E-state index in [0.29, 0.717) is 11.7 Å². The third-order valence-corrected chi connectivity index (χ3v) is 2.40. The molecule has 0 saturated carbocycles. The van der Waals surface area contributed by atoms with Crippen molar-refractivity contribution in [3.8, 4) is 5.82 Å². The van der Waals surface area contributed by atoms with Crippen molar-refractivity contribution in [3.63, 3.8) is 0 Å². The Labute approximate surface area is 98.5 Å². The normalized spacial score (nSPS) is 11.0. The smallest absolute Gasteiger partial charge is 0.296 e. The molecular formula is C11H15N5O. The molecule has 2 aromatic heterocycles. The van der Waals surface area contributed by atoms with Gasteiger partial charge in [-0.1, -0.05) is 13.8 Å². The van der Waals surface area contributed by atoms with Gasteiger partial charge in [0, 0.05) is 12.4 Å². The second-order valence-electron chi connectivity index (χ2n) is 4.31. The van der Waals surface area contributed by atoms with Crippen molar-refractivity contribution in [2.24, 2.45) is 5.92 Å². The highest BCUT2D eigenvalue weighted by Gasteiger charge is 2.13. The van der Waals surface area contributed by atoms with E-state index in [4.69, 9.17) is 5.73 Å². The zero-order valence-corrected chi connectivity index (χ0v) is 9.84. The molecule has 0 saturated heterocycles. The predicted octanol–water partition coefficient (Wildman–Crippen LogP) is 0.736. The van der Waals surface area contributed by atoms with E-state index in [9.17, 15) is 4.79 Å². The van der Waals surface area contributed by atoms with Gasteiger partial charge in [0.2, 0.25) is 0 Å². The molecule has 90 valence electrons. The van der Waals surface area contributed by atoms with Gasteiger partial charge < -0.3 is 5.73 Å². The van der Waals surface area contributed by atoms with E-state index >= 15 is 0 Å². The minimum absolute atomic E-state index is 0.254. The van der Waals surface area contributed by atoms with Crippen LogP contribution in [0, 0.1) is 5.92 Å². The van der Waals surface area contributed by atoms with Crippen LogP contribution in [0.3, 0.4) is 0 Å². The van der Waals surface area contributed by atoms with Gasteiger partial charge in [0.25, 0.3) is 5.56 Å². The molecule has 0 spiro atoms. The highest BCUT2D eigenvalue weighted by atomic mass is 16.1. The Morgan fingerprint density at radius 3 is 2.82 bits per heavy atom. The zero-order chi connectivity index (χ0) is 12.4. The lowest BCUT2D eigenvalue weighted by Crippen LogP contribution is -2.17. The van der Waals surface area contributed by atoms with Crippen molar-refractivity contribution in [1.82, 2.24) is 19.7 Å². The van der Waals surface area contributed by atoms with Gasteiger partial charge in [0.15, 0.2) is 5.82 Å². The summed E-state index contributed by atoms with van der Waals surface area (Å²) >= 11 is 0. The van der Waals surface area contributed by atoms with Crippen LogP contribution in [0.15, 0.2) is 23.4 Å². The molecule has 17 heavy (non-hydrogen) atoms. The summed E-state index contributed by atoms with van der Waals surface area (Å²) in [6.45, 7) is 4.13. The van der Waals surface area contributed by atoms with E-state index in [1.54, 1.807) is 6.20 Å². The van der Waals surface area contributed by atoms with Crippen molar-refractivity contribution >= 4 is 5.69 Å². The molecule has 0 fully saturated rings. The average molecular weight is 233 g/mol. The largest absolute Gasteiger partial charge is 0.393 e. The summed E-state index contributed by atoms with van der Waals surface area (Å²) in [5, 5.41) is 2.97. The number of aromatic amines is 1. The van der Waals surface area contributed by atoms with Gasteiger partial charge in [-0.25, -0.2) is 4.98 Å². The first kappa shape index (κ1) is 11.4. The standard InChI is InChI=1S/C11H15N5O/c1-7(2)5-8-10(12)11(17)16(15-8)9-6-13-3-4-14-9/h3-4,6-7,15H,5,12H2,1-2H3. The van der Waals surface area contributed by atoms with Crippen molar-refractivity contribution in [2.75, 3.05) is 5.73 Å². The number of anilines is 1. The maximum absolute atomic E-state index is 11.9. The number of nitrogen functional groups attached to an aromatic ring is 1. The molecule has 2 aromatic rings. The first-order valence-corrected chi connectivity index (χ1v) is 5.45. The molecule has 6 heteroatoms. The SMILES string of the molecule is CC(C)Cc1[nH]n(-c2cnccn2)c(=O)c1N. The molecular weight excluding hydrogens is 218 g/mol. The van der Waals surface area contributed by atoms with Gasteiger partial charge in [-0.15, -0.1) is 0 Å². The first-order valence-electron chi connectivity index (χ1n) is 5.45. The molecule has 2 rings (SSSR count). The average Bonchev–Trinajstić information content (AvgIpc) is 2.58. The quantitative estimate of drug-likeness (QED) is 0.818. The summed E-state index contributed by atoms with van der Waals surface area (Å²) in [4.78, 5) is 19.9. The van der Waals surface area contributed by atoms with Crippen molar-refractivity contribution in [3.05, 3.63) is 34.6 Å². The molecule has 0 atom stereocenters. The van der Waals surface area contributed by atoms with Gasteiger partial charge in [-0.3, -0.25) is 14.9 Å². The Hall–Kier alpha value is -2.11. The lowest BCUT2D eigenvalue weighted by Gasteiger charge is -2.02. The van der Waals surface area contributed by atoms with E-state index in [0.717, 1.165) is 12.1 Å².